The Labute approximate surface area is 144 Å². The fraction of sp³-hybridized carbons (Fsp3) is 0.381. The van der Waals surface area contributed by atoms with Gasteiger partial charge in [-0.25, -0.2) is 0 Å². The molecule has 0 bridgehead atoms. The predicted molar refractivity (Wildman–Crippen MR) is 97.8 cm³/mol. The van der Waals surface area contributed by atoms with Crippen LogP contribution in [0.5, 0.6) is 0 Å². The van der Waals surface area contributed by atoms with Crippen LogP contribution in [0.1, 0.15) is 47.2 Å². The Morgan fingerprint density at radius 3 is 2.46 bits per heavy atom. The van der Waals surface area contributed by atoms with Gasteiger partial charge in [-0.3, -0.25) is 4.79 Å². The molecular formula is C21H26N2O. The van der Waals surface area contributed by atoms with E-state index < -0.39 is 0 Å². The third kappa shape index (κ3) is 3.51. The first-order valence-electron chi connectivity index (χ1n) is 8.86. The van der Waals surface area contributed by atoms with Crippen LogP contribution < -0.4 is 5.73 Å². The van der Waals surface area contributed by atoms with Crippen LogP contribution in [-0.4, -0.2) is 23.9 Å². The average Bonchev–Trinajstić information content (AvgIpc) is 2.67. The molecule has 1 heterocycles. The molecule has 2 aromatic rings. The summed E-state index contributed by atoms with van der Waals surface area (Å²) in [5.74, 6) is 1.22. The first kappa shape index (κ1) is 16.7. The minimum Gasteiger partial charge on any atom is -0.338 e. The predicted octanol–water partition coefficient (Wildman–Crippen LogP) is 3.80. The van der Waals surface area contributed by atoms with Gasteiger partial charge >= 0.3 is 0 Å². The van der Waals surface area contributed by atoms with Crippen molar-refractivity contribution in [2.24, 2.45) is 11.7 Å². The van der Waals surface area contributed by atoms with Gasteiger partial charge in [-0.05, 0) is 41.5 Å². The van der Waals surface area contributed by atoms with E-state index in [0.29, 0.717) is 18.4 Å². The number of carbonyl (C=O) groups excluding carboxylic acids is 1. The van der Waals surface area contributed by atoms with Crippen LogP contribution in [0.2, 0.25) is 0 Å². The van der Waals surface area contributed by atoms with Gasteiger partial charge in [0.05, 0.1) is 0 Å². The summed E-state index contributed by atoms with van der Waals surface area (Å²) in [6.07, 6.45) is 2.13. The molecule has 1 aliphatic heterocycles. The standard InChI is InChI=1S/C21H26N2O/c1-2-17-15-23(13-12-20(17)18-6-4-3-5-7-18)21(24)19-10-8-16(14-22)9-11-19/h3-11,17,20H,2,12-15,22H2,1H3. The van der Waals surface area contributed by atoms with Gasteiger partial charge in [0, 0.05) is 25.2 Å². The van der Waals surface area contributed by atoms with Crippen LogP contribution in [-0.2, 0) is 6.54 Å². The van der Waals surface area contributed by atoms with E-state index >= 15 is 0 Å². The quantitative estimate of drug-likeness (QED) is 0.930. The molecule has 3 heteroatoms. The van der Waals surface area contributed by atoms with Gasteiger partial charge in [-0.1, -0.05) is 55.8 Å². The van der Waals surface area contributed by atoms with Crippen LogP contribution in [0, 0.1) is 5.92 Å². The molecule has 2 atom stereocenters. The van der Waals surface area contributed by atoms with Crippen LogP contribution >= 0.6 is 0 Å². The zero-order chi connectivity index (χ0) is 16.9. The number of benzene rings is 2. The molecule has 0 radical (unpaired) electrons. The lowest BCUT2D eigenvalue weighted by Crippen LogP contribution is -2.42. The summed E-state index contributed by atoms with van der Waals surface area (Å²) < 4.78 is 0. The maximum Gasteiger partial charge on any atom is 0.253 e. The molecule has 24 heavy (non-hydrogen) atoms. The molecule has 0 aromatic heterocycles. The average molecular weight is 322 g/mol. The molecule has 0 spiro atoms. The summed E-state index contributed by atoms with van der Waals surface area (Å²) in [7, 11) is 0. The van der Waals surface area contributed by atoms with Gasteiger partial charge in [0.15, 0.2) is 0 Å². The van der Waals surface area contributed by atoms with Gasteiger partial charge in [0.2, 0.25) is 0 Å². The number of amides is 1. The molecule has 3 nitrogen and oxygen atoms in total. The highest BCUT2D eigenvalue weighted by molar-refractivity contribution is 5.94. The number of nitrogens with two attached hydrogens (primary N) is 1. The highest BCUT2D eigenvalue weighted by atomic mass is 16.2. The van der Waals surface area contributed by atoms with E-state index in [4.69, 9.17) is 5.73 Å². The minimum absolute atomic E-state index is 0.142. The molecule has 1 aliphatic rings. The molecule has 126 valence electrons. The maximum absolute atomic E-state index is 12.8. The number of nitrogens with zero attached hydrogens (tertiary/aromatic N) is 1. The molecule has 2 aromatic carbocycles. The maximum atomic E-state index is 12.8. The Balaban J connectivity index is 1.71. The van der Waals surface area contributed by atoms with Crippen LogP contribution in [0.4, 0.5) is 0 Å². The van der Waals surface area contributed by atoms with Gasteiger partial charge in [-0.2, -0.15) is 0 Å². The number of carbonyl (C=O) groups is 1. The summed E-state index contributed by atoms with van der Waals surface area (Å²) >= 11 is 0. The number of rotatable bonds is 4. The summed E-state index contributed by atoms with van der Waals surface area (Å²) in [5, 5.41) is 0. The van der Waals surface area contributed by atoms with E-state index in [1.807, 2.05) is 29.2 Å². The Bertz CT molecular complexity index is 666. The van der Waals surface area contributed by atoms with E-state index in [9.17, 15) is 4.79 Å². The first-order chi connectivity index (χ1) is 11.7. The van der Waals surface area contributed by atoms with Crippen LogP contribution in [0.15, 0.2) is 54.6 Å². The number of likely N-dealkylation sites (tertiary alicyclic amines) is 1. The zero-order valence-electron chi connectivity index (χ0n) is 14.3. The van der Waals surface area contributed by atoms with Gasteiger partial charge in [0.1, 0.15) is 0 Å². The second-order valence-electron chi connectivity index (χ2n) is 6.63. The second kappa shape index (κ2) is 7.63. The van der Waals surface area contributed by atoms with E-state index in [0.717, 1.165) is 37.1 Å². The lowest BCUT2D eigenvalue weighted by molar-refractivity contribution is 0.0645. The molecular weight excluding hydrogens is 296 g/mol. The largest absolute Gasteiger partial charge is 0.338 e. The summed E-state index contributed by atoms with van der Waals surface area (Å²) in [6.45, 7) is 4.40. The van der Waals surface area contributed by atoms with Gasteiger partial charge in [0.25, 0.3) is 5.91 Å². The Morgan fingerprint density at radius 1 is 1.12 bits per heavy atom. The first-order valence-corrected chi connectivity index (χ1v) is 8.86. The Hall–Kier alpha value is -2.13. The van der Waals surface area contributed by atoms with E-state index in [2.05, 4.69) is 37.3 Å². The number of hydrogen-bond donors (Lipinski definition) is 1. The molecule has 2 unspecified atom stereocenters. The molecule has 0 saturated carbocycles. The topological polar surface area (TPSA) is 46.3 Å². The van der Waals surface area contributed by atoms with Crippen molar-refractivity contribution in [3.63, 3.8) is 0 Å². The van der Waals surface area contributed by atoms with Crippen LogP contribution in [0.25, 0.3) is 0 Å². The van der Waals surface area contributed by atoms with Crippen molar-refractivity contribution in [2.75, 3.05) is 13.1 Å². The Kier molecular flexibility index (Phi) is 5.31. The Morgan fingerprint density at radius 2 is 1.83 bits per heavy atom. The molecule has 1 saturated heterocycles. The smallest absolute Gasteiger partial charge is 0.253 e. The fourth-order valence-corrected chi connectivity index (χ4v) is 3.74. The van der Waals surface area contributed by atoms with E-state index in [-0.39, 0.29) is 5.91 Å². The fourth-order valence-electron chi connectivity index (χ4n) is 3.74. The van der Waals surface area contributed by atoms with Gasteiger partial charge < -0.3 is 10.6 Å². The van der Waals surface area contributed by atoms with Gasteiger partial charge in [-0.15, -0.1) is 0 Å². The summed E-state index contributed by atoms with van der Waals surface area (Å²) in [5.41, 5.74) is 8.86. The van der Waals surface area contributed by atoms with Crippen molar-refractivity contribution >= 4 is 5.91 Å². The normalized spacial score (nSPS) is 20.8. The van der Waals surface area contributed by atoms with Crippen molar-refractivity contribution in [2.45, 2.75) is 32.2 Å². The monoisotopic (exact) mass is 322 g/mol. The van der Waals surface area contributed by atoms with Crippen molar-refractivity contribution in [3.8, 4) is 0 Å². The third-order valence-electron chi connectivity index (χ3n) is 5.21. The highest BCUT2D eigenvalue weighted by Crippen LogP contribution is 2.35. The SMILES string of the molecule is CCC1CN(C(=O)c2ccc(CN)cc2)CCC1c1ccccc1. The molecule has 0 aliphatic carbocycles. The number of piperidine rings is 1. The van der Waals surface area contributed by atoms with Crippen molar-refractivity contribution in [1.82, 2.24) is 4.90 Å². The lowest BCUT2D eigenvalue weighted by Gasteiger charge is -2.38. The van der Waals surface area contributed by atoms with Crippen LogP contribution in [0.3, 0.4) is 0 Å². The molecule has 3 rings (SSSR count). The molecule has 1 fully saturated rings. The van der Waals surface area contributed by atoms with Crippen molar-refractivity contribution < 1.29 is 4.79 Å². The molecule has 1 amide bonds. The summed E-state index contributed by atoms with van der Waals surface area (Å²) in [4.78, 5) is 14.8. The molecule has 2 N–H and O–H groups in total. The highest BCUT2D eigenvalue weighted by Gasteiger charge is 2.31. The second-order valence-corrected chi connectivity index (χ2v) is 6.63. The van der Waals surface area contributed by atoms with Crippen molar-refractivity contribution in [1.29, 1.82) is 0 Å². The third-order valence-corrected chi connectivity index (χ3v) is 5.21. The van der Waals surface area contributed by atoms with Crippen molar-refractivity contribution in [3.05, 3.63) is 71.3 Å². The number of hydrogen-bond acceptors (Lipinski definition) is 2. The lowest BCUT2D eigenvalue weighted by atomic mass is 9.79. The van der Waals surface area contributed by atoms with E-state index in [1.165, 1.54) is 5.56 Å². The summed E-state index contributed by atoms with van der Waals surface area (Å²) in [6, 6.07) is 18.4. The zero-order valence-corrected chi connectivity index (χ0v) is 14.3. The van der Waals surface area contributed by atoms with E-state index in [1.54, 1.807) is 0 Å². The minimum atomic E-state index is 0.142.